The second-order valence-corrected chi connectivity index (χ2v) is 10.9. The number of ketones is 1. The highest BCUT2D eigenvalue weighted by molar-refractivity contribution is 7.89. The summed E-state index contributed by atoms with van der Waals surface area (Å²) in [4.78, 5) is 15.3. The summed E-state index contributed by atoms with van der Waals surface area (Å²) >= 11 is 0. The predicted octanol–water partition coefficient (Wildman–Crippen LogP) is 2.24. The maximum Gasteiger partial charge on any atom is 0.264 e. The molecule has 2 aromatic heterocycles. The summed E-state index contributed by atoms with van der Waals surface area (Å²) < 4.78 is 43.1. The standard InChI is InChI=1S/C24H26FN7O3S/c1-16-10-22-18(12-27-32(22)20-6-4-19(25)5-7-20)11-21(16)23-15-31(9-8-30(23)14-17(2)33)36(34,35)24-13-26-29(3)28-24/h4-7,10-13,23H,8-9,14-15H2,1-3H3/t23-/m0/s1. The molecule has 2 aromatic carbocycles. The average Bonchev–Trinajstić information content (AvgIpc) is 3.45. The van der Waals surface area contributed by atoms with Gasteiger partial charge in [-0.05, 0) is 61.4 Å². The number of fused-ring (bicyclic) bond motifs is 1. The van der Waals surface area contributed by atoms with E-state index in [1.807, 2.05) is 24.0 Å². The Kier molecular flexibility index (Phi) is 6.18. The van der Waals surface area contributed by atoms with Gasteiger partial charge in [0.05, 0.1) is 30.1 Å². The van der Waals surface area contributed by atoms with Crippen LogP contribution in [0, 0.1) is 12.7 Å². The normalized spacial score (nSPS) is 17.6. The summed E-state index contributed by atoms with van der Waals surface area (Å²) in [5.74, 6) is -0.314. The molecular weight excluding hydrogens is 485 g/mol. The van der Waals surface area contributed by atoms with Crippen LogP contribution < -0.4 is 0 Å². The van der Waals surface area contributed by atoms with Gasteiger partial charge in [-0.25, -0.2) is 17.5 Å². The van der Waals surface area contributed by atoms with E-state index in [9.17, 15) is 17.6 Å². The van der Waals surface area contributed by atoms with Gasteiger partial charge in [0.2, 0.25) is 5.03 Å². The smallest absolute Gasteiger partial charge is 0.264 e. The summed E-state index contributed by atoms with van der Waals surface area (Å²) in [7, 11) is -2.28. The molecule has 0 saturated carbocycles. The van der Waals surface area contributed by atoms with E-state index in [1.165, 1.54) is 34.4 Å². The van der Waals surface area contributed by atoms with Crippen molar-refractivity contribution in [2.24, 2.45) is 7.05 Å². The molecule has 0 amide bonds. The van der Waals surface area contributed by atoms with E-state index < -0.39 is 10.0 Å². The second kappa shape index (κ2) is 9.19. The van der Waals surface area contributed by atoms with Crippen LogP contribution in [0.1, 0.15) is 24.1 Å². The monoisotopic (exact) mass is 511 g/mol. The molecule has 3 heterocycles. The number of aromatic nitrogens is 5. The highest BCUT2D eigenvalue weighted by Crippen LogP contribution is 2.33. The van der Waals surface area contributed by atoms with Crippen LogP contribution in [0.15, 0.2) is 53.8 Å². The van der Waals surface area contributed by atoms with Crippen molar-refractivity contribution in [1.29, 1.82) is 0 Å². The minimum absolute atomic E-state index is 0.00749. The number of carbonyl (C=O) groups is 1. The third kappa shape index (κ3) is 4.43. The molecule has 1 saturated heterocycles. The van der Waals surface area contributed by atoms with Crippen molar-refractivity contribution in [3.8, 4) is 5.69 Å². The number of nitrogens with zero attached hydrogens (tertiary/aromatic N) is 7. The van der Waals surface area contributed by atoms with Gasteiger partial charge < -0.3 is 0 Å². The van der Waals surface area contributed by atoms with Crippen LogP contribution in [0.3, 0.4) is 0 Å². The lowest BCUT2D eigenvalue weighted by molar-refractivity contribution is -0.119. The number of carbonyl (C=O) groups excluding carboxylic acids is 1. The van der Waals surface area contributed by atoms with E-state index in [0.29, 0.717) is 6.54 Å². The first-order chi connectivity index (χ1) is 17.1. The van der Waals surface area contributed by atoms with Crippen LogP contribution in [0.25, 0.3) is 16.6 Å². The number of halogens is 1. The van der Waals surface area contributed by atoms with Crippen LogP contribution in [0.5, 0.6) is 0 Å². The molecule has 1 aliphatic rings. The number of Topliss-reactive ketones (excluding diaryl/α,β-unsaturated/α-hetero) is 1. The molecule has 1 fully saturated rings. The second-order valence-electron chi connectivity index (χ2n) is 9.02. The first-order valence-electron chi connectivity index (χ1n) is 11.5. The van der Waals surface area contributed by atoms with Crippen LogP contribution in [-0.2, 0) is 21.9 Å². The molecule has 5 rings (SSSR count). The van der Waals surface area contributed by atoms with Gasteiger partial charge in [0.1, 0.15) is 11.6 Å². The van der Waals surface area contributed by atoms with E-state index in [0.717, 1.165) is 27.7 Å². The van der Waals surface area contributed by atoms with Crippen molar-refractivity contribution in [3.05, 3.63) is 65.7 Å². The summed E-state index contributed by atoms with van der Waals surface area (Å²) in [6.45, 7) is 4.52. The zero-order chi connectivity index (χ0) is 25.6. The van der Waals surface area contributed by atoms with Crippen molar-refractivity contribution in [2.45, 2.75) is 24.9 Å². The minimum atomic E-state index is -3.84. The number of piperazine rings is 1. The average molecular weight is 512 g/mol. The molecule has 0 radical (unpaired) electrons. The Balaban J connectivity index is 1.54. The van der Waals surface area contributed by atoms with Crippen LogP contribution in [0.2, 0.25) is 0 Å². The molecule has 188 valence electrons. The molecule has 0 spiro atoms. The number of hydrogen-bond donors (Lipinski definition) is 0. The number of rotatable bonds is 6. The van der Waals surface area contributed by atoms with Gasteiger partial charge >= 0.3 is 0 Å². The van der Waals surface area contributed by atoms with Crippen LogP contribution >= 0.6 is 0 Å². The van der Waals surface area contributed by atoms with Crippen molar-refractivity contribution < 1.29 is 17.6 Å². The molecule has 0 N–H and O–H groups in total. The summed E-state index contributed by atoms with van der Waals surface area (Å²) in [6, 6.07) is 9.74. The minimum Gasteiger partial charge on any atom is -0.299 e. The zero-order valence-corrected chi connectivity index (χ0v) is 21.0. The lowest BCUT2D eigenvalue weighted by Crippen LogP contribution is -2.51. The third-order valence-electron chi connectivity index (χ3n) is 6.45. The number of benzene rings is 2. The number of aryl methyl sites for hydroxylation is 2. The Hall–Kier alpha value is -3.48. The van der Waals surface area contributed by atoms with Crippen LogP contribution in [-0.4, -0.2) is 74.4 Å². The quantitative estimate of drug-likeness (QED) is 0.391. The molecule has 36 heavy (non-hydrogen) atoms. The van der Waals surface area contributed by atoms with Crippen LogP contribution in [0.4, 0.5) is 4.39 Å². The van der Waals surface area contributed by atoms with E-state index in [-0.39, 0.29) is 42.3 Å². The SMILES string of the molecule is CC(=O)CN1CCN(S(=O)(=O)c2cnn(C)n2)C[C@H]1c1cc2cnn(-c3ccc(F)cc3)c2cc1C. The van der Waals surface area contributed by atoms with Gasteiger partial charge in [0, 0.05) is 38.1 Å². The fraction of sp³-hybridized carbons (Fsp3) is 0.333. The fourth-order valence-corrected chi connectivity index (χ4v) is 6.03. The molecule has 10 nitrogen and oxygen atoms in total. The topological polar surface area (TPSA) is 106 Å². The van der Waals surface area contributed by atoms with Gasteiger partial charge in [-0.3, -0.25) is 9.69 Å². The predicted molar refractivity (Wildman–Crippen MR) is 131 cm³/mol. The first-order valence-corrected chi connectivity index (χ1v) is 12.9. The molecular formula is C24H26FN7O3S. The van der Waals surface area contributed by atoms with Crippen molar-refractivity contribution in [2.75, 3.05) is 26.2 Å². The van der Waals surface area contributed by atoms with Gasteiger partial charge in [-0.15, -0.1) is 5.10 Å². The van der Waals surface area contributed by atoms with Gasteiger partial charge in [0.25, 0.3) is 10.0 Å². The van der Waals surface area contributed by atoms with E-state index in [2.05, 4.69) is 15.3 Å². The third-order valence-corrected chi connectivity index (χ3v) is 8.18. The molecule has 1 aliphatic heterocycles. The Bertz CT molecular complexity index is 1550. The maximum atomic E-state index is 13.4. The van der Waals surface area contributed by atoms with E-state index in [4.69, 9.17) is 0 Å². The number of hydrogen-bond acceptors (Lipinski definition) is 7. The number of sulfonamides is 1. The van der Waals surface area contributed by atoms with Crippen molar-refractivity contribution in [3.63, 3.8) is 0 Å². The fourth-order valence-electron chi connectivity index (χ4n) is 4.70. The Morgan fingerprint density at radius 1 is 1.11 bits per heavy atom. The largest absolute Gasteiger partial charge is 0.299 e. The summed E-state index contributed by atoms with van der Waals surface area (Å²) in [5.41, 5.74) is 3.43. The lowest BCUT2D eigenvalue weighted by Gasteiger charge is -2.40. The first kappa shape index (κ1) is 24.2. The highest BCUT2D eigenvalue weighted by Gasteiger charge is 2.37. The summed E-state index contributed by atoms with van der Waals surface area (Å²) in [6.07, 6.45) is 2.97. The van der Waals surface area contributed by atoms with Gasteiger partial charge in [-0.1, -0.05) is 0 Å². The van der Waals surface area contributed by atoms with Gasteiger partial charge in [-0.2, -0.15) is 19.3 Å². The Morgan fingerprint density at radius 2 is 1.86 bits per heavy atom. The van der Waals surface area contributed by atoms with E-state index >= 15 is 0 Å². The molecule has 0 unspecified atom stereocenters. The summed E-state index contributed by atoms with van der Waals surface area (Å²) in [5, 5.41) is 13.1. The maximum absolute atomic E-state index is 13.4. The van der Waals surface area contributed by atoms with Crippen molar-refractivity contribution >= 4 is 26.7 Å². The highest BCUT2D eigenvalue weighted by atomic mass is 32.2. The Morgan fingerprint density at radius 3 is 2.53 bits per heavy atom. The Labute approximate surface area is 208 Å². The van der Waals surface area contributed by atoms with Crippen molar-refractivity contribution in [1.82, 2.24) is 34.0 Å². The van der Waals surface area contributed by atoms with E-state index in [1.54, 1.807) is 30.1 Å². The van der Waals surface area contributed by atoms with Gasteiger partial charge in [0.15, 0.2) is 0 Å². The lowest BCUT2D eigenvalue weighted by atomic mass is 9.96. The molecule has 4 aromatic rings. The zero-order valence-electron chi connectivity index (χ0n) is 20.2. The molecule has 0 aliphatic carbocycles. The molecule has 0 bridgehead atoms. The molecule has 12 heteroatoms. The molecule has 1 atom stereocenters.